The summed E-state index contributed by atoms with van der Waals surface area (Å²) in [4.78, 5) is 12.5. The molecule has 5 saturated carbocycles. The number of carbonyl (C=O) groups excluding carboxylic acids is 1. The molecular weight excluding hydrogens is 380 g/mol. The van der Waals surface area contributed by atoms with Crippen molar-refractivity contribution < 1.29 is 9.90 Å². The maximum atomic E-state index is 12.5. The van der Waals surface area contributed by atoms with Gasteiger partial charge in [-0.25, -0.2) is 0 Å². The molecule has 1 N–H and O–H groups in total. The van der Waals surface area contributed by atoms with Crippen LogP contribution < -0.4 is 0 Å². The number of hydrogen-bond donors (Lipinski definition) is 1. The zero-order chi connectivity index (χ0) is 22.7. The standard InChI is InChI=1S/C29H48O2/c1-24(2)10-11-25(3)12-14-28(6)21-8-9-26(4)17-20(31)19(30)16-22(26)27(21,5)13-15-29(28,7)23(25)18-24/h19,21-23,30H,8-18H2,1-7H3/t19-,21+,22-,23+,25-,26-,27-,28-,29+/m1/s1. The Labute approximate surface area is 191 Å². The minimum absolute atomic E-state index is 0.0989. The van der Waals surface area contributed by atoms with E-state index in [0.29, 0.717) is 40.4 Å². The maximum absolute atomic E-state index is 12.5. The monoisotopic (exact) mass is 428 g/mol. The summed E-state index contributed by atoms with van der Waals surface area (Å²) in [6.45, 7) is 18.0. The third-order valence-corrected chi connectivity index (χ3v) is 13.1. The lowest BCUT2D eigenvalue weighted by molar-refractivity contribution is -0.255. The molecule has 176 valence electrons. The van der Waals surface area contributed by atoms with Crippen LogP contribution in [0.5, 0.6) is 0 Å². The Hall–Kier alpha value is -0.370. The van der Waals surface area contributed by atoms with Crippen LogP contribution in [0.25, 0.3) is 0 Å². The number of carbonyl (C=O) groups is 1. The predicted octanol–water partition coefficient (Wildman–Crippen LogP) is 7.18. The van der Waals surface area contributed by atoms with Gasteiger partial charge >= 0.3 is 0 Å². The van der Waals surface area contributed by atoms with Crippen LogP contribution in [0.3, 0.4) is 0 Å². The van der Waals surface area contributed by atoms with Gasteiger partial charge in [-0.2, -0.15) is 0 Å². The van der Waals surface area contributed by atoms with Gasteiger partial charge in [0.05, 0.1) is 0 Å². The second-order valence-electron chi connectivity index (χ2n) is 15.1. The van der Waals surface area contributed by atoms with Gasteiger partial charge in [-0.05, 0) is 114 Å². The first-order valence-electron chi connectivity index (χ1n) is 13.4. The molecule has 0 aromatic rings. The highest BCUT2D eigenvalue weighted by Gasteiger charge is 2.70. The highest BCUT2D eigenvalue weighted by Crippen LogP contribution is 2.78. The molecule has 5 aliphatic carbocycles. The molecule has 2 nitrogen and oxygen atoms in total. The quantitative estimate of drug-likeness (QED) is 0.443. The smallest absolute Gasteiger partial charge is 0.161 e. The van der Waals surface area contributed by atoms with E-state index in [2.05, 4.69) is 48.5 Å². The molecule has 0 bridgehead atoms. The molecule has 0 radical (unpaired) electrons. The van der Waals surface area contributed by atoms with Crippen LogP contribution >= 0.6 is 0 Å². The number of ketones is 1. The Bertz CT molecular complexity index is 786. The lowest BCUT2D eigenvalue weighted by Crippen LogP contribution is -2.67. The van der Waals surface area contributed by atoms with Crippen molar-refractivity contribution in [2.75, 3.05) is 0 Å². The van der Waals surface area contributed by atoms with Crippen molar-refractivity contribution in [3.05, 3.63) is 0 Å². The molecule has 0 amide bonds. The van der Waals surface area contributed by atoms with Gasteiger partial charge in [-0.15, -0.1) is 0 Å². The minimum atomic E-state index is -0.719. The lowest BCUT2D eigenvalue weighted by Gasteiger charge is -2.74. The topological polar surface area (TPSA) is 37.3 Å². The van der Waals surface area contributed by atoms with E-state index in [4.69, 9.17) is 0 Å². The molecule has 31 heavy (non-hydrogen) atoms. The highest BCUT2D eigenvalue weighted by atomic mass is 16.3. The van der Waals surface area contributed by atoms with Crippen molar-refractivity contribution in [2.24, 2.45) is 50.2 Å². The summed E-state index contributed by atoms with van der Waals surface area (Å²) < 4.78 is 0. The Morgan fingerprint density at radius 3 is 2.03 bits per heavy atom. The zero-order valence-electron chi connectivity index (χ0n) is 21.4. The van der Waals surface area contributed by atoms with E-state index in [-0.39, 0.29) is 16.6 Å². The summed E-state index contributed by atoms with van der Waals surface area (Å²) in [6, 6.07) is 0. The van der Waals surface area contributed by atoms with Crippen molar-refractivity contribution in [1.82, 2.24) is 0 Å². The van der Waals surface area contributed by atoms with Crippen LogP contribution in [0.2, 0.25) is 0 Å². The second kappa shape index (κ2) is 6.39. The van der Waals surface area contributed by atoms with Gasteiger partial charge in [0.1, 0.15) is 6.10 Å². The van der Waals surface area contributed by atoms with Crippen LogP contribution in [0, 0.1) is 50.2 Å². The Kier molecular flexibility index (Phi) is 4.63. The fourth-order valence-corrected chi connectivity index (χ4v) is 10.8. The molecule has 0 spiro atoms. The molecule has 0 aromatic carbocycles. The molecule has 5 fully saturated rings. The maximum Gasteiger partial charge on any atom is 0.161 e. The van der Waals surface area contributed by atoms with E-state index < -0.39 is 6.10 Å². The summed E-state index contributed by atoms with van der Waals surface area (Å²) in [5, 5.41) is 10.6. The van der Waals surface area contributed by atoms with E-state index in [9.17, 15) is 9.90 Å². The third kappa shape index (κ3) is 2.82. The van der Waals surface area contributed by atoms with Gasteiger partial charge in [0.15, 0.2) is 5.78 Å². The first-order valence-corrected chi connectivity index (χ1v) is 13.4. The fourth-order valence-electron chi connectivity index (χ4n) is 10.8. The number of aliphatic hydroxyl groups excluding tert-OH is 1. The van der Waals surface area contributed by atoms with Crippen LogP contribution in [0.15, 0.2) is 0 Å². The predicted molar refractivity (Wildman–Crippen MR) is 127 cm³/mol. The normalized spacial score (nSPS) is 58.5. The summed E-state index contributed by atoms with van der Waals surface area (Å²) in [7, 11) is 0. The third-order valence-electron chi connectivity index (χ3n) is 13.1. The second-order valence-corrected chi connectivity index (χ2v) is 15.1. The molecule has 0 saturated heterocycles. The lowest BCUT2D eigenvalue weighted by atomic mass is 9.30. The van der Waals surface area contributed by atoms with Gasteiger partial charge < -0.3 is 5.11 Å². The number of rotatable bonds is 0. The van der Waals surface area contributed by atoms with Crippen LogP contribution in [-0.2, 0) is 4.79 Å². The molecule has 9 atom stereocenters. The number of aliphatic hydroxyl groups is 1. The van der Waals surface area contributed by atoms with Crippen molar-refractivity contribution in [3.8, 4) is 0 Å². The number of Topliss-reactive ketones (excluding diaryl/α,β-unsaturated/α-hetero) is 1. The Morgan fingerprint density at radius 2 is 1.32 bits per heavy atom. The molecule has 0 aromatic heterocycles. The van der Waals surface area contributed by atoms with E-state index in [0.717, 1.165) is 11.8 Å². The molecule has 0 heterocycles. The van der Waals surface area contributed by atoms with Gasteiger partial charge in [0.25, 0.3) is 0 Å². The number of fused-ring (bicyclic) bond motifs is 7. The average molecular weight is 429 g/mol. The van der Waals surface area contributed by atoms with E-state index in [1.807, 2.05) is 0 Å². The molecule has 2 heteroatoms. The summed E-state index contributed by atoms with van der Waals surface area (Å²) in [5.74, 6) is 2.15. The SMILES string of the molecule is CC1(C)CC[C@]2(C)CC[C@]3(C)[C@H]4CC[C@]5(C)CC(=O)[C@H](O)C[C@H]5[C@]4(C)CC[C@@]3(C)[C@H]2C1. The zero-order valence-corrected chi connectivity index (χ0v) is 21.4. The number of hydrogen-bond acceptors (Lipinski definition) is 2. The van der Waals surface area contributed by atoms with E-state index >= 15 is 0 Å². The van der Waals surface area contributed by atoms with Crippen molar-refractivity contribution in [3.63, 3.8) is 0 Å². The van der Waals surface area contributed by atoms with E-state index in [1.165, 1.54) is 57.8 Å². The van der Waals surface area contributed by atoms with Gasteiger partial charge in [-0.1, -0.05) is 48.5 Å². The first-order chi connectivity index (χ1) is 14.2. The Balaban J connectivity index is 1.54. The van der Waals surface area contributed by atoms with Gasteiger partial charge in [-0.3, -0.25) is 4.79 Å². The van der Waals surface area contributed by atoms with Crippen LogP contribution in [-0.4, -0.2) is 17.0 Å². The van der Waals surface area contributed by atoms with E-state index in [1.54, 1.807) is 0 Å². The largest absolute Gasteiger partial charge is 0.385 e. The summed E-state index contributed by atoms with van der Waals surface area (Å²) in [6.07, 6.45) is 12.7. The summed E-state index contributed by atoms with van der Waals surface area (Å²) in [5.41, 5.74) is 2.16. The Morgan fingerprint density at radius 1 is 0.710 bits per heavy atom. The molecule has 0 aliphatic heterocycles. The van der Waals surface area contributed by atoms with Crippen molar-refractivity contribution in [1.29, 1.82) is 0 Å². The fraction of sp³-hybridized carbons (Fsp3) is 0.966. The molecule has 5 aliphatic rings. The summed E-state index contributed by atoms with van der Waals surface area (Å²) >= 11 is 0. The van der Waals surface area contributed by atoms with Crippen LogP contribution in [0.1, 0.15) is 119 Å². The van der Waals surface area contributed by atoms with Crippen LogP contribution in [0.4, 0.5) is 0 Å². The molecular formula is C29H48O2. The minimum Gasteiger partial charge on any atom is -0.385 e. The van der Waals surface area contributed by atoms with Gasteiger partial charge in [0, 0.05) is 6.42 Å². The first kappa shape index (κ1) is 22.4. The average Bonchev–Trinajstić information content (AvgIpc) is 2.67. The molecule has 0 unspecified atom stereocenters. The van der Waals surface area contributed by atoms with Crippen molar-refractivity contribution in [2.45, 2.75) is 125 Å². The highest BCUT2D eigenvalue weighted by molar-refractivity contribution is 5.84. The van der Waals surface area contributed by atoms with Crippen molar-refractivity contribution >= 4 is 5.78 Å². The molecule has 5 rings (SSSR count). The van der Waals surface area contributed by atoms with Gasteiger partial charge in [0.2, 0.25) is 0 Å².